The van der Waals surface area contributed by atoms with Crippen LogP contribution in [0.4, 0.5) is 5.69 Å². The largest absolute Gasteiger partial charge is 0.381 e. The SMILES string of the molecule is CC(Cl)c1ccccc1NCc1cc(Cl)ccc1Cl. The maximum Gasteiger partial charge on any atom is 0.0577 e. The molecule has 0 aliphatic rings. The van der Waals surface area contributed by atoms with Gasteiger partial charge in [0, 0.05) is 22.3 Å². The van der Waals surface area contributed by atoms with E-state index in [0.717, 1.165) is 16.8 Å². The second-order valence-corrected chi connectivity index (χ2v) is 5.79. The highest BCUT2D eigenvalue weighted by molar-refractivity contribution is 6.33. The van der Waals surface area contributed by atoms with Gasteiger partial charge in [0.15, 0.2) is 0 Å². The van der Waals surface area contributed by atoms with Gasteiger partial charge in [-0.3, -0.25) is 0 Å². The molecule has 0 bridgehead atoms. The van der Waals surface area contributed by atoms with Gasteiger partial charge in [-0.2, -0.15) is 0 Å². The lowest BCUT2D eigenvalue weighted by Gasteiger charge is -2.14. The quantitative estimate of drug-likeness (QED) is 0.692. The van der Waals surface area contributed by atoms with Crippen molar-refractivity contribution in [3.05, 3.63) is 63.6 Å². The van der Waals surface area contributed by atoms with E-state index in [9.17, 15) is 0 Å². The molecule has 1 atom stereocenters. The Hall–Kier alpha value is -0.890. The molecule has 0 amide bonds. The van der Waals surface area contributed by atoms with Crippen molar-refractivity contribution in [1.82, 2.24) is 0 Å². The van der Waals surface area contributed by atoms with Gasteiger partial charge in [0.05, 0.1) is 5.38 Å². The number of benzene rings is 2. The Kier molecular flexibility index (Phi) is 4.98. The fourth-order valence-corrected chi connectivity index (χ4v) is 2.44. The summed E-state index contributed by atoms with van der Waals surface area (Å²) in [7, 11) is 0. The zero-order valence-corrected chi connectivity index (χ0v) is 12.7. The number of nitrogens with one attached hydrogen (secondary N) is 1. The van der Waals surface area contributed by atoms with Crippen LogP contribution in [0.2, 0.25) is 10.0 Å². The molecule has 1 nitrogen and oxygen atoms in total. The first kappa shape index (κ1) is 14.5. The smallest absolute Gasteiger partial charge is 0.0577 e. The predicted molar refractivity (Wildman–Crippen MR) is 84.5 cm³/mol. The summed E-state index contributed by atoms with van der Waals surface area (Å²) in [6, 6.07) is 13.4. The number of halogens is 3. The Morgan fingerprint density at radius 2 is 1.84 bits per heavy atom. The van der Waals surface area contributed by atoms with E-state index < -0.39 is 0 Å². The van der Waals surface area contributed by atoms with Crippen LogP contribution in [-0.2, 0) is 6.54 Å². The summed E-state index contributed by atoms with van der Waals surface area (Å²) in [6.45, 7) is 2.56. The van der Waals surface area contributed by atoms with Crippen molar-refractivity contribution in [2.45, 2.75) is 18.8 Å². The van der Waals surface area contributed by atoms with Crippen LogP contribution in [0.3, 0.4) is 0 Å². The number of hydrogen-bond donors (Lipinski definition) is 1. The lowest BCUT2D eigenvalue weighted by molar-refractivity contribution is 1.06. The lowest BCUT2D eigenvalue weighted by Crippen LogP contribution is -2.03. The first-order valence-corrected chi connectivity index (χ1v) is 7.18. The maximum atomic E-state index is 6.16. The number of para-hydroxylation sites is 1. The van der Waals surface area contributed by atoms with Crippen LogP contribution in [0.25, 0.3) is 0 Å². The average Bonchev–Trinajstić information content (AvgIpc) is 2.40. The molecular weight excluding hydrogens is 301 g/mol. The molecule has 0 fully saturated rings. The molecular formula is C15H14Cl3N. The third kappa shape index (κ3) is 3.79. The van der Waals surface area contributed by atoms with Gasteiger partial charge >= 0.3 is 0 Å². The zero-order valence-electron chi connectivity index (χ0n) is 10.5. The fraction of sp³-hybridized carbons (Fsp3) is 0.200. The molecule has 0 heterocycles. The third-order valence-electron chi connectivity index (χ3n) is 2.87. The summed E-state index contributed by atoms with van der Waals surface area (Å²) in [5.74, 6) is 0. The van der Waals surface area contributed by atoms with Crippen LogP contribution in [-0.4, -0.2) is 0 Å². The minimum absolute atomic E-state index is 0.0430. The Labute approximate surface area is 128 Å². The molecule has 0 radical (unpaired) electrons. The van der Waals surface area contributed by atoms with Crippen LogP contribution in [0.1, 0.15) is 23.4 Å². The monoisotopic (exact) mass is 313 g/mol. The van der Waals surface area contributed by atoms with Crippen LogP contribution < -0.4 is 5.32 Å². The van der Waals surface area contributed by atoms with Gasteiger partial charge in [0.25, 0.3) is 0 Å². The number of anilines is 1. The minimum Gasteiger partial charge on any atom is -0.381 e. The standard InChI is InChI=1S/C15H14Cl3N/c1-10(16)13-4-2-3-5-15(13)19-9-11-8-12(17)6-7-14(11)18/h2-8,10,19H,9H2,1H3. The number of hydrogen-bond acceptors (Lipinski definition) is 1. The van der Waals surface area contributed by atoms with Gasteiger partial charge in [0.1, 0.15) is 0 Å². The Bertz CT molecular complexity index is 567. The summed E-state index contributed by atoms with van der Waals surface area (Å²) in [6.07, 6.45) is 0. The van der Waals surface area contributed by atoms with Gasteiger partial charge in [-0.25, -0.2) is 0 Å². The second-order valence-electron chi connectivity index (χ2n) is 4.29. The van der Waals surface area contributed by atoms with Gasteiger partial charge in [0.2, 0.25) is 0 Å². The van der Waals surface area contributed by atoms with E-state index in [1.165, 1.54) is 0 Å². The first-order chi connectivity index (χ1) is 9.08. The van der Waals surface area contributed by atoms with E-state index >= 15 is 0 Å². The Morgan fingerprint density at radius 1 is 1.11 bits per heavy atom. The highest BCUT2D eigenvalue weighted by atomic mass is 35.5. The van der Waals surface area contributed by atoms with Crippen molar-refractivity contribution in [2.75, 3.05) is 5.32 Å². The molecule has 0 aromatic heterocycles. The van der Waals surface area contributed by atoms with Crippen molar-refractivity contribution in [3.63, 3.8) is 0 Å². The molecule has 0 saturated carbocycles. The van der Waals surface area contributed by atoms with E-state index in [1.54, 1.807) is 12.1 Å². The summed E-state index contributed by atoms with van der Waals surface area (Å²) in [5.41, 5.74) is 3.05. The zero-order chi connectivity index (χ0) is 13.8. The van der Waals surface area contributed by atoms with Crippen LogP contribution in [0, 0.1) is 0 Å². The Morgan fingerprint density at radius 3 is 2.58 bits per heavy atom. The van der Waals surface area contributed by atoms with E-state index in [0.29, 0.717) is 16.6 Å². The molecule has 2 aromatic carbocycles. The topological polar surface area (TPSA) is 12.0 Å². The highest BCUT2D eigenvalue weighted by Crippen LogP contribution is 2.28. The molecule has 0 aliphatic carbocycles. The Balaban J connectivity index is 2.17. The molecule has 100 valence electrons. The molecule has 19 heavy (non-hydrogen) atoms. The van der Waals surface area contributed by atoms with E-state index in [-0.39, 0.29) is 5.38 Å². The van der Waals surface area contributed by atoms with Crippen LogP contribution in [0.5, 0.6) is 0 Å². The predicted octanol–water partition coefficient (Wildman–Crippen LogP) is 5.91. The van der Waals surface area contributed by atoms with Gasteiger partial charge in [-0.15, -0.1) is 11.6 Å². The second kappa shape index (κ2) is 6.51. The molecule has 4 heteroatoms. The van der Waals surface area contributed by atoms with Crippen LogP contribution in [0.15, 0.2) is 42.5 Å². The van der Waals surface area contributed by atoms with Crippen molar-refractivity contribution in [1.29, 1.82) is 0 Å². The molecule has 0 aliphatic heterocycles. The molecule has 1 N–H and O–H groups in total. The van der Waals surface area contributed by atoms with Crippen molar-refractivity contribution >= 4 is 40.5 Å². The number of alkyl halides is 1. The third-order valence-corrected chi connectivity index (χ3v) is 3.71. The summed E-state index contributed by atoms with van der Waals surface area (Å²) in [5, 5.41) is 4.69. The lowest BCUT2D eigenvalue weighted by atomic mass is 10.1. The molecule has 2 rings (SSSR count). The summed E-state index contributed by atoms with van der Waals surface area (Å²) >= 11 is 18.3. The van der Waals surface area contributed by atoms with Crippen molar-refractivity contribution in [3.8, 4) is 0 Å². The normalized spacial score (nSPS) is 12.2. The highest BCUT2D eigenvalue weighted by Gasteiger charge is 2.08. The van der Waals surface area contributed by atoms with E-state index in [1.807, 2.05) is 37.3 Å². The van der Waals surface area contributed by atoms with E-state index in [2.05, 4.69) is 5.32 Å². The maximum absolute atomic E-state index is 6.16. The number of rotatable bonds is 4. The molecule has 1 unspecified atom stereocenters. The van der Waals surface area contributed by atoms with Gasteiger partial charge in [-0.05, 0) is 42.3 Å². The van der Waals surface area contributed by atoms with Crippen molar-refractivity contribution in [2.24, 2.45) is 0 Å². The van der Waals surface area contributed by atoms with Gasteiger partial charge < -0.3 is 5.32 Å². The summed E-state index contributed by atoms with van der Waals surface area (Å²) < 4.78 is 0. The molecule has 2 aromatic rings. The summed E-state index contributed by atoms with van der Waals surface area (Å²) in [4.78, 5) is 0. The van der Waals surface area contributed by atoms with Crippen molar-refractivity contribution < 1.29 is 0 Å². The van der Waals surface area contributed by atoms with Gasteiger partial charge in [-0.1, -0.05) is 41.4 Å². The first-order valence-electron chi connectivity index (χ1n) is 5.98. The molecule has 0 spiro atoms. The molecule has 0 saturated heterocycles. The van der Waals surface area contributed by atoms with E-state index in [4.69, 9.17) is 34.8 Å². The minimum atomic E-state index is -0.0430. The fourth-order valence-electron chi connectivity index (χ4n) is 1.87. The average molecular weight is 315 g/mol. The van der Waals surface area contributed by atoms with Crippen LogP contribution >= 0.6 is 34.8 Å².